The summed E-state index contributed by atoms with van der Waals surface area (Å²) in [6.07, 6.45) is -3.69. The van der Waals surface area contributed by atoms with Gasteiger partial charge in [0.1, 0.15) is 11.6 Å². The van der Waals surface area contributed by atoms with Gasteiger partial charge in [0.2, 0.25) is 5.91 Å². The highest BCUT2D eigenvalue weighted by atomic mass is 35.5. The zero-order valence-corrected chi connectivity index (χ0v) is 18.2. The number of fused-ring (bicyclic) bond motifs is 1. The minimum Gasteiger partial charge on any atom is -0.406 e. The third-order valence-electron chi connectivity index (χ3n) is 5.54. The number of halogens is 4. The van der Waals surface area contributed by atoms with Crippen LogP contribution in [0, 0.1) is 10.1 Å². The van der Waals surface area contributed by atoms with Crippen LogP contribution in [0.5, 0.6) is 5.75 Å². The standard InChI is InChI=1S/C22H17ClF3N3O5/c23-11-19(31)28-17-9-6-13(29(32)33)10-16(17)27-15-2-1-3-18(30)20(15)21(28)12-4-7-14(8-5-12)34-22(24,25)26/h4-10,21,27H,1-3,11H2. The number of non-ortho nitro benzene ring substituents is 1. The predicted molar refractivity (Wildman–Crippen MR) is 117 cm³/mol. The van der Waals surface area contributed by atoms with Crippen LogP contribution in [-0.2, 0) is 9.59 Å². The quantitative estimate of drug-likeness (QED) is 0.353. The first kappa shape index (κ1) is 23.6. The van der Waals surface area contributed by atoms with E-state index < -0.39 is 34.9 Å². The van der Waals surface area contributed by atoms with Crippen molar-refractivity contribution in [3.63, 3.8) is 0 Å². The average molecular weight is 496 g/mol. The number of nitro benzene ring substituents is 1. The first-order chi connectivity index (χ1) is 16.1. The molecular weight excluding hydrogens is 479 g/mol. The van der Waals surface area contributed by atoms with Crippen molar-refractivity contribution in [3.05, 3.63) is 69.4 Å². The Hall–Kier alpha value is -3.60. The van der Waals surface area contributed by atoms with Crippen molar-refractivity contribution in [2.24, 2.45) is 0 Å². The molecule has 12 heteroatoms. The number of hydrogen-bond donors (Lipinski definition) is 1. The first-order valence-electron chi connectivity index (χ1n) is 10.1. The molecule has 2 aliphatic rings. The molecule has 1 N–H and O–H groups in total. The Morgan fingerprint density at radius 1 is 1.21 bits per heavy atom. The Morgan fingerprint density at radius 3 is 2.53 bits per heavy atom. The van der Waals surface area contributed by atoms with Crippen LogP contribution in [0.1, 0.15) is 30.9 Å². The maximum Gasteiger partial charge on any atom is 0.573 e. The molecule has 2 aromatic rings. The summed E-state index contributed by atoms with van der Waals surface area (Å²) in [6.45, 7) is 0. The van der Waals surface area contributed by atoms with Crippen molar-refractivity contribution in [3.8, 4) is 5.75 Å². The van der Waals surface area contributed by atoms with Crippen LogP contribution >= 0.6 is 11.6 Å². The number of nitrogens with zero attached hydrogens (tertiary/aromatic N) is 2. The molecule has 2 aromatic carbocycles. The Bertz CT molecular complexity index is 1200. The summed E-state index contributed by atoms with van der Waals surface area (Å²) in [6, 6.07) is 7.70. The van der Waals surface area contributed by atoms with Gasteiger partial charge in [-0.3, -0.25) is 24.6 Å². The second-order valence-electron chi connectivity index (χ2n) is 7.67. The predicted octanol–water partition coefficient (Wildman–Crippen LogP) is 5.24. The highest BCUT2D eigenvalue weighted by Gasteiger charge is 2.40. The van der Waals surface area contributed by atoms with Crippen LogP contribution in [0.2, 0.25) is 0 Å². The number of rotatable bonds is 4. The molecule has 1 heterocycles. The lowest BCUT2D eigenvalue weighted by Crippen LogP contribution is -2.38. The molecule has 1 atom stereocenters. The van der Waals surface area contributed by atoms with E-state index in [9.17, 15) is 32.9 Å². The zero-order chi connectivity index (χ0) is 24.6. The fraction of sp³-hybridized carbons (Fsp3) is 0.273. The number of nitro groups is 1. The Kier molecular flexibility index (Phi) is 6.22. The average Bonchev–Trinajstić information content (AvgIpc) is 2.92. The van der Waals surface area contributed by atoms with E-state index in [1.807, 2.05) is 0 Å². The molecule has 0 saturated carbocycles. The number of amides is 1. The van der Waals surface area contributed by atoms with E-state index in [2.05, 4.69) is 10.1 Å². The van der Waals surface area contributed by atoms with E-state index in [1.54, 1.807) is 0 Å². The molecular formula is C22H17ClF3N3O5. The molecule has 178 valence electrons. The van der Waals surface area contributed by atoms with Crippen LogP contribution < -0.4 is 15.0 Å². The van der Waals surface area contributed by atoms with E-state index in [4.69, 9.17) is 11.6 Å². The van der Waals surface area contributed by atoms with Crippen molar-refractivity contribution in [2.75, 3.05) is 16.1 Å². The molecule has 0 spiro atoms. The summed E-state index contributed by atoms with van der Waals surface area (Å²) in [4.78, 5) is 38.1. The molecule has 34 heavy (non-hydrogen) atoms. The number of alkyl halides is 4. The number of benzene rings is 2. The van der Waals surface area contributed by atoms with Gasteiger partial charge in [-0.25, -0.2) is 0 Å². The van der Waals surface area contributed by atoms with Crippen LogP contribution in [0.3, 0.4) is 0 Å². The number of Topliss-reactive ketones (excluding diaryl/α,β-unsaturated/α-hetero) is 1. The van der Waals surface area contributed by atoms with Crippen LogP contribution in [0.15, 0.2) is 53.7 Å². The van der Waals surface area contributed by atoms with Crippen LogP contribution in [-0.4, -0.2) is 28.9 Å². The maximum atomic E-state index is 13.1. The molecule has 4 rings (SSSR count). The van der Waals surface area contributed by atoms with Gasteiger partial charge in [-0.05, 0) is 36.6 Å². The van der Waals surface area contributed by atoms with Gasteiger partial charge in [0.25, 0.3) is 5.69 Å². The fourth-order valence-electron chi connectivity index (χ4n) is 4.20. The minimum absolute atomic E-state index is 0.214. The number of ketones is 1. The number of anilines is 2. The summed E-state index contributed by atoms with van der Waals surface area (Å²) in [7, 11) is 0. The lowest BCUT2D eigenvalue weighted by Gasteiger charge is -2.33. The topological polar surface area (TPSA) is 102 Å². The smallest absolute Gasteiger partial charge is 0.406 e. The molecule has 8 nitrogen and oxygen atoms in total. The second-order valence-corrected chi connectivity index (χ2v) is 7.94. The van der Waals surface area contributed by atoms with Gasteiger partial charge in [0.05, 0.1) is 22.3 Å². The Morgan fingerprint density at radius 2 is 1.91 bits per heavy atom. The van der Waals surface area contributed by atoms with Crippen molar-refractivity contribution in [2.45, 2.75) is 31.7 Å². The van der Waals surface area contributed by atoms with Crippen molar-refractivity contribution in [1.82, 2.24) is 0 Å². The lowest BCUT2D eigenvalue weighted by molar-refractivity contribution is -0.384. The Labute approximate surface area is 196 Å². The number of carbonyl (C=O) groups excluding carboxylic acids is 2. The molecule has 1 aliphatic heterocycles. The monoisotopic (exact) mass is 495 g/mol. The van der Waals surface area contributed by atoms with Gasteiger partial charge < -0.3 is 10.1 Å². The third-order valence-corrected chi connectivity index (χ3v) is 5.76. The highest BCUT2D eigenvalue weighted by Crippen LogP contribution is 2.46. The van der Waals surface area contributed by atoms with E-state index in [-0.39, 0.29) is 34.8 Å². The molecule has 0 saturated heterocycles. The first-order valence-corrected chi connectivity index (χ1v) is 10.7. The summed E-state index contributed by atoms with van der Waals surface area (Å²) in [5.41, 5.74) is 1.37. The van der Waals surface area contributed by atoms with Gasteiger partial charge in [0.15, 0.2) is 5.78 Å². The number of ether oxygens (including phenoxy) is 1. The van der Waals surface area contributed by atoms with Gasteiger partial charge in [0, 0.05) is 29.8 Å². The lowest BCUT2D eigenvalue weighted by atomic mass is 9.86. The van der Waals surface area contributed by atoms with E-state index in [1.165, 1.54) is 35.2 Å². The van der Waals surface area contributed by atoms with Gasteiger partial charge >= 0.3 is 6.36 Å². The molecule has 1 amide bonds. The zero-order valence-electron chi connectivity index (χ0n) is 17.4. The third kappa shape index (κ3) is 4.56. The summed E-state index contributed by atoms with van der Waals surface area (Å²) in [5.74, 6) is -1.76. The van der Waals surface area contributed by atoms with Gasteiger partial charge in [-0.2, -0.15) is 0 Å². The summed E-state index contributed by atoms with van der Waals surface area (Å²) >= 11 is 5.88. The largest absolute Gasteiger partial charge is 0.573 e. The normalized spacial score (nSPS) is 17.9. The molecule has 0 bridgehead atoms. The van der Waals surface area contributed by atoms with Crippen LogP contribution in [0.4, 0.5) is 30.2 Å². The molecule has 0 fully saturated rings. The fourth-order valence-corrected chi connectivity index (χ4v) is 4.33. The number of allylic oxidation sites excluding steroid dienone is 1. The molecule has 1 aliphatic carbocycles. The minimum atomic E-state index is -4.88. The van der Waals surface area contributed by atoms with Crippen molar-refractivity contribution in [1.29, 1.82) is 0 Å². The summed E-state index contributed by atoms with van der Waals surface area (Å²) in [5, 5.41) is 14.4. The number of nitrogens with one attached hydrogen (secondary N) is 1. The van der Waals surface area contributed by atoms with Crippen molar-refractivity contribution < 1.29 is 32.4 Å². The number of hydrogen-bond acceptors (Lipinski definition) is 6. The SMILES string of the molecule is O=C1CCCC2=C1C(c1ccc(OC(F)(F)F)cc1)N(C(=O)CCl)c1ccc([N+](=O)[O-])cc1N2. The van der Waals surface area contributed by atoms with E-state index in [0.29, 0.717) is 24.1 Å². The highest BCUT2D eigenvalue weighted by molar-refractivity contribution is 6.30. The molecule has 0 aromatic heterocycles. The van der Waals surface area contributed by atoms with Gasteiger partial charge in [-0.1, -0.05) is 12.1 Å². The van der Waals surface area contributed by atoms with Crippen LogP contribution in [0.25, 0.3) is 0 Å². The molecule has 1 unspecified atom stereocenters. The van der Waals surface area contributed by atoms with Gasteiger partial charge in [-0.15, -0.1) is 24.8 Å². The second kappa shape index (κ2) is 8.98. The van der Waals surface area contributed by atoms with E-state index >= 15 is 0 Å². The number of carbonyl (C=O) groups is 2. The van der Waals surface area contributed by atoms with E-state index in [0.717, 1.165) is 12.1 Å². The molecule has 0 radical (unpaired) electrons. The maximum absolute atomic E-state index is 13.1. The van der Waals surface area contributed by atoms with Crippen molar-refractivity contribution >= 4 is 40.4 Å². The Balaban J connectivity index is 1.91. The summed E-state index contributed by atoms with van der Waals surface area (Å²) < 4.78 is 41.7.